The number of amides is 1. The van der Waals surface area contributed by atoms with Gasteiger partial charge >= 0.3 is 6.09 Å². The second kappa shape index (κ2) is 9.93. The van der Waals surface area contributed by atoms with Crippen LogP contribution in [0.3, 0.4) is 0 Å². The fraction of sp³-hybridized carbons (Fsp3) is 0.750. The minimum atomic E-state index is -1.10. The van der Waals surface area contributed by atoms with Crippen LogP contribution in [0.15, 0.2) is 17.3 Å². The summed E-state index contributed by atoms with van der Waals surface area (Å²) in [4.78, 5) is 28.5. The number of piperidine rings is 1. The number of hydrogen-bond donors (Lipinski definition) is 1. The maximum absolute atomic E-state index is 13.1. The number of nitroso groups, excluding NO2 is 1. The fourth-order valence-corrected chi connectivity index (χ4v) is 6.58. The quantitative estimate of drug-likeness (QED) is 0.565. The number of carbonyl (C=O) groups is 1. The zero-order valence-electron chi connectivity index (χ0n) is 22.8. The van der Waals surface area contributed by atoms with Gasteiger partial charge in [0.15, 0.2) is 0 Å². The third-order valence-corrected chi connectivity index (χ3v) is 8.67. The van der Waals surface area contributed by atoms with Crippen LogP contribution >= 0.6 is 0 Å². The number of aliphatic hydroxyl groups is 1. The van der Waals surface area contributed by atoms with Crippen molar-refractivity contribution in [2.24, 2.45) is 11.1 Å². The van der Waals surface area contributed by atoms with Crippen LogP contribution in [-0.4, -0.2) is 71.5 Å². The molecule has 3 unspecified atom stereocenters. The zero-order chi connectivity index (χ0) is 26.3. The number of methoxy groups -OCH3 is 1. The van der Waals surface area contributed by atoms with Crippen molar-refractivity contribution in [2.75, 3.05) is 33.3 Å². The average Bonchev–Trinajstić information content (AvgIpc) is 3.63. The van der Waals surface area contributed by atoms with Gasteiger partial charge in [-0.3, -0.25) is 4.90 Å². The molecule has 0 spiro atoms. The second-order valence-corrected chi connectivity index (χ2v) is 12.1. The molecule has 1 aliphatic carbocycles. The second-order valence-electron chi connectivity index (χ2n) is 12.1. The smallest absolute Gasteiger partial charge is 0.410 e. The summed E-state index contributed by atoms with van der Waals surface area (Å²) in [5, 5.41) is 15.9. The predicted octanol–water partition coefficient (Wildman–Crippen LogP) is 4.77. The Labute approximate surface area is 215 Å². The van der Waals surface area contributed by atoms with Gasteiger partial charge in [-0.1, -0.05) is 17.3 Å². The van der Waals surface area contributed by atoms with Crippen LogP contribution in [0.4, 0.5) is 4.79 Å². The van der Waals surface area contributed by atoms with Gasteiger partial charge in [-0.2, -0.15) is 4.91 Å². The maximum Gasteiger partial charge on any atom is 0.410 e. The van der Waals surface area contributed by atoms with Crippen LogP contribution in [0.2, 0.25) is 0 Å². The summed E-state index contributed by atoms with van der Waals surface area (Å²) >= 11 is 0. The molecule has 2 saturated heterocycles. The summed E-state index contributed by atoms with van der Waals surface area (Å²) in [5.74, 6) is 1.35. The highest BCUT2D eigenvalue weighted by molar-refractivity contribution is 5.68. The predicted molar refractivity (Wildman–Crippen MR) is 139 cm³/mol. The molecular formula is C28H43N3O5. The van der Waals surface area contributed by atoms with E-state index in [2.05, 4.69) is 17.0 Å². The molecule has 1 aromatic rings. The lowest BCUT2D eigenvalue weighted by molar-refractivity contribution is -0.137. The summed E-state index contributed by atoms with van der Waals surface area (Å²) in [6, 6.07) is 3.80. The number of aryl methyl sites for hydroxylation is 1. The highest BCUT2D eigenvalue weighted by atomic mass is 16.6. The maximum atomic E-state index is 13.1. The summed E-state index contributed by atoms with van der Waals surface area (Å²) in [7, 11) is 1.62. The van der Waals surface area contributed by atoms with Crippen LogP contribution in [0, 0.1) is 17.7 Å². The van der Waals surface area contributed by atoms with Crippen LogP contribution in [0.1, 0.15) is 76.5 Å². The summed E-state index contributed by atoms with van der Waals surface area (Å²) in [6.07, 6.45) is 3.94. The van der Waals surface area contributed by atoms with Crippen molar-refractivity contribution < 1.29 is 19.4 Å². The third-order valence-electron chi connectivity index (χ3n) is 8.67. The van der Waals surface area contributed by atoms with Crippen molar-refractivity contribution in [3.05, 3.63) is 33.7 Å². The van der Waals surface area contributed by atoms with E-state index in [1.165, 1.54) is 12.8 Å². The Morgan fingerprint density at radius 3 is 2.44 bits per heavy atom. The van der Waals surface area contributed by atoms with E-state index < -0.39 is 16.6 Å². The fourth-order valence-electron chi connectivity index (χ4n) is 6.58. The SMILES string of the molecule is COc1c(CN=O)ccc(C)c1C12CCN(C(=O)OC(C)(C)C)CCC1(O)C(C)N(CC1CC1)CC2. The van der Waals surface area contributed by atoms with E-state index in [1.54, 1.807) is 12.0 Å². The minimum Gasteiger partial charge on any atom is -0.496 e. The number of carbonyl (C=O) groups excluding carboxylic acids is 1. The van der Waals surface area contributed by atoms with Crippen molar-refractivity contribution in [3.8, 4) is 5.75 Å². The summed E-state index contributed by atoms with van der Waals surface area (Å²) in [5.41, 5.74) is 0.381. The lowest BCUT2D eigenvalue weighted by Gasteiger charge is -2.58. The molecule has 3 atom stereocenters. The molecule has 2 aliphatic heterocycles. The van der Waals surface area contributed by atoms with Gasteiger partial charge < -0.3 is 19.5 Å². The number of ether oxygens (including phenoxy) is 2. The molecule has 2 heterocycles. The molecule has 0 radical (unpaired) electrons. The molecule has 8 nitrogen and oxygen atoms in total. The first-order valence-electron chi connectivity index (χ1n) is 13.4. The van der Waals surface area contributed by atoms with E-state index in [4.69, 9.17) is 9.47 Å². The minimum absolute atomic E-state index is 0.0123. The van der Waals surface area contributed by atoms with Crippen molar-refractivity contribution >= 4 is 6.09 Å². The standard InChI is InChI=1S/C28H43N3O5/c1-19-7-10-22(17-29-34)24(35-6)23(19)27-11-14-30(25(32)36-26(3,4)5)16-13-28(27,33)20(2)31(15-12-27)18-21-8-9-21/h7,10,20-21,33H,8-9,11-18H2,1-6H3. The first kappa shape index (κ1) is 26.9. The van der Waals surface area contributed by atoms with E-state index in [-0.39, 0.29) is 18.7 Å². The van der Waals surface area contributed by atoms with Crippen LogP contribution in [0.5, 0.6) is 5.75 Å². The van der Waals surface area contributed by atoms with E-state index in [9.17, 15) is 14.8 Å². The van der Waals surface area contributed by atoms with Gasteiger partial charge in [0.25, 0.3) is 0 Å². The largest absolute Gasteiger partial charge is 0.496 e. The van der Waals surface area contributed by atoms with E-state index in [0.717, 1.165) is 36.2 Å². The zero-order valence-corrected chi connectivity index (χ0v) is 22.8. The van der Waals surface area contributed by atoms with Gasteiger partial charge in [-0.25, -0.2) is 4.79 Å². The van der Waals surface area contributed by atoms with Crippen LogP contribution < -0.4 is 4.74 Å². The Kier molecular flexibility index (Phi) is 7.41. The Morgan fingerprint density at radius 1 is 1.17 bits per heavy atom. The highest BCUT2D eigenvalue weighted by Crippen LogP contribution is 2.55. The Morgan fingerprint density at radius 2 is 1.83 bits per heavy atom. The number of benzene rings is 1. The molecule has 1 N–H and O–H groups in total. The van der Waals surface area contributed by atoms with Gasteiger partial charge in [-0.05, 0) is 84.7 Å². The van der Waals surface area contributed by atoms with Gasteiger partial charge in [-0.15, -0.1) is 0 Å². The average molecular weight is 502 g/mol. The first-order valence-corrected chi connectivity index (χ1v) is 13.4. The molecule has 0 bridgehead atoms. The third kappa shape index (κ3) is 4.86. The molecule has 200 valence electrons. The van der Waals surface area contributed by atoms with Crippen molar-refractivity contribution in [1.82, 2.24) is 9.80 Å². The summed E-state index contributed by atoms with van der Waals surface area (Å²) < 4.78 is 11.7. The molecule has 1 aromatic carbocycles. The molecular weight excluding hydrogens is 458 g/mol. The monoisotopic (exact) mass is 501 g/mol. The van der Waals surface area contributed by atoms with Gasteiger partial charge in [0.05, 0.1) is 12.7 Å². The van der Waals surface area contributed by atoms with E-state index in [0.29, 0.717) is 37.6 Å². The normalized spacial score (nSPS) is 29.3. The number of likely N-dealkylation sites (tertiary alicyclic amines) is 2. The van der Waals surface area contributed by atoms with Crippen molar-refractivity contribution in [3.63, 3.8) is 0 Å². The topological polar surface area (TPSA) is 91.7 Å². The van der Waals surface area contributed by atoms with Gasteiger partial charge in [0, 0.05) is 42.2 Å². The Hall–Kier alpha value is -2.19. The Bertz CT molecular complexity index is 988. The molecule has 4 rings (SSSR count). The Balaban J connectivity index is 1.81. The van der Waals surface area contributed by atoms with Crippen LogP contribution in [-0.2, 0) is 16.7 Å². The van der Waals surface area contributed by atoms with E-state index >= 15 is 0 Å². The van der Waals surface area contributed by atoms with E-state index in [1.807, 2.05) is 39.8 Å². The summed E-state index contributed by atoms with van der Waals surface area (Å²) in [6.45, 7) is 12.6. The molecule has 3 fully saturated rings. The molecule has 0 aromatic heterocycles. The van der Waals surface area contributed by atoms with Crippen LogP contribution in [0.25, 0.3) is 0 Å². The molecule has 1 amide bonds. The number of fused-ring (bicyclic) bond motifs is 1. The highest BCUT2D eigenvalue weighted by Gasteiger charge is 2.61. The van der Waals surface area contributed by atoms with Gasteiger partial charge in [0.1, 0.15) is 17.9 Å². The molecule has 36 heavy (non-hydrogen) atoms. The van der Waals surface area contributed by atoms with Crippen molar-refractivity contribution in [1.29, 1.82) is 0 Å². The number of hydrogen-bond acceptors (Lipinski definition) is 7. The lowest BCUT2D eigenvalue weighted by atomic mass is 9.56. The molecule has 3 aliphatic rings. The van der Waals surface area contributed by atoms with Crippen molar-refractivity contribution in [2.45, 2.75) is 95.9 Å². The van der Waals surface area contributed by atoms with Gasteiger partial charge in [0.2, 0.25) is 0 Å². The molecule has 8 heteroatoms. The molecule has 1 saturated carbocycles. The number of rotatable bonds is 6. The lowest BCUT2D eigenvalue weighted by Crippen LogP contribution is -2.68. The number of nitrogens with zero attached hydrogens (tertiary/aromatic N) is 3. The first-order chi connectivity index (χ1) is 17.0.